The van der Waals surface area contributed by atoms with Crippen LogP contribution >= 0.6 is 11.6 Å². The van der Waals surface area contributed by atoms with Crippen LogP contribution in [-0.4, -0.2) is 20.9 Å². The molecule has 0 aliphatic rings. The molecule has 0 fully saturated rings. The van der Waals surface area contributed by atoms with Gasteiger partial charge in [0.2, 0.25) is 0 Å². The summed E-state index contributed by atoms with van der Waals surface area (Å²) in [6.45, 7) is 0.0827. The van der Waals surface area contributed by atoms with Gasteiger partial charge in [0.05, 0.1) is 11.9 Å². The van der Waals surface area contributed by atoms with Crippen LogP contribution in [-0.2, 0) is 6.54 Å². The summed E-state index contributed by atoms with van der Waals surface area (Å²) in [5.41, 5.74) is 1.29. The molecule has 0 bridgehead atoms. The Morgan fingerprint density at radius 3 is 2.65 bits per heavy atom. The maximum absolute atomic E-state index is 13.5. The van der Waals surface area contributed by atoms with Gasteiger partial charge in [-0.2, -0.15) is 0 Å². The molecule has 0 saturated heterocycles. The molecule has 0 saturated carbocycles. The minimum absolute atomic E-state index is 0.0827. The summed E-state index contributed by atoms with van der Waals surface area (Å²) in [4.78, 5) is 12.1. The van der Waals surface area contributed by atoms with E-state index in [1.165, 1.54) is 16.9 Å². The molecule has 0 aliphatic carbocycles. The van der Waals surface area contributed by atoms with Crippen molar-refractivity contribution in [3.63, 3.8) is 0 Å². The minimum atomic E-state index is -0.423. The zero-order valence-electron chi connectivity index (χ0n) is 11.9. The molecule has 7 heteroatoms. The largest absolute Gasteiger partial charge is 0.346 e. The van der Waals surface area contributed by atoms with Gasteiger partial charge in [0.25, 0.3) is 5.91 Å². The van der Waals surface area contributed by atoms with Crippen molar-refractivity contribution in [1.29, 1.82) is 0 Å². The van der Waals surface area contributed by atoms with E-state index in [9.17, 15) is 9.18 Å². The Balaban J connectivity index is 1.69. The summed E-state index contributed by atoms with van der Waals surface area (Å²) in [5.74, 6) is -0.786. The number of halogens is 2. The Hall–Kier alpha value is -2.73. The van der Waals surface area contributed by atoms with Crippen molar-refractivity contribution in [2.24, 2.45) is 0 Å². The highest BCUT2D eigenvalue weighted by Gasteiger charge is 2.12. The molecular formula is C16H12ClFN4O. The fraction of sp³-hybridized carbons (Fsp3) is 0.0625. The molecule has 2 aromatic carbocycles. The van der Waals surface area contributed by atoms with E-state index in [1.54, 1.807) is 42.5 Å². The van der Waals surface area contributed by atoms with Crippen molar-refractivity contribution in [3.8, 4) is 5.69 Å². The fourth-order valence-corrected chi connectivity index (χ4v) is 2.12. The van der Waals surface area contributed by atoms with E-state index < -0.39 is 5.91 Å². The molecule has 0 radical (unpaired) electrons. The highest BCUT2D eigenvalue weighted by Crippen LogP contribution is 2.13. The van der Waals surface area contributed by atoms with Gasteiger partial charge in [-0.05, 0) is 30.3 Å². The van der Waals surface area contributed by atoms with Crippen molar-refractivity contribution in [2.75, 3.05) is 0 Å². The Labute approximate surface area is 136 Å². The highest BCUT2D eigenvalue weighted by molar-refractivity contribution is 6.30. The van der Waals surface area contributed by atoms with Crippen LogP contribution < -0.4 is 5.32 Å². The van der Waals surface area contributed by atoms with E-state index in [1.807, 2.05) is 0 Å². The molecule has 5 nitrogen and oxygen atoms in total. The van der Waals surface area contributed by atoms with Gasteiger partial charge in [0.15, 0.2) is 5.69 Å². The summed E-state index contributed by atoms with van der Waals surface area (Å²) in [5, 5.41) is 10.9. The minimum Gasteiger partial charge on any atom is -0.346 e. The van der Waals surface area contributed by atoms with Crippen LogP contribution in [0.1, 0.15) is 16.1 Å². The van der Waals surface area contributed by atoms with Crippen LogP contribution in [0.2, 0.25) is 5.02 Å². The SMILES string of the molecule is O=C(NCc1ccccc1F)c1cn(-c2ccc(Cl)cc2)nn1. The molecule has 0 unspecified atom stereocenters. The van der Waals surface area contributed by atoms with Gasteiger partial charge < -0.3 is 5.32 Å². The average molecular weight is 331 g/mol. The highest BCUT2D eigenvalue weighted by atomic mass is 35.5. The fourth-order valence-electron chi connectivity index (χ4n) is 2.00. The third-order valence-electron chi connectivity index (χ3n) is 3.21. The quantitative estimate of drug-likeness (QED) is 0.800. The summed E-state index contributed by atoms with van der Waals surface area (Å²) in [6, 6.07) is 13.2. The lowest BCUT2D eigenvalue weighted by molar-refractivity contribution is 0.0945. The van der Waals surface area contributed by atoms with Crippen molar-refractivity contribution in [1.82, 2.24) is 20.3 Å². The standard InChI is InChI=1S/C16H12ClFN4O/c17-12-5-7-13(8-6-12)22-10-15(20-21-22)16(23)19-9-11-3-1-2-4-14(11)18/h1-8,10H,9H2,(H,19,23). The van der Waals surface area contributed by atoms with E-state index in [0.717, 1.165) is 5.69 Å². The van der Waals surface area contributed by atoms with E-state index in [2.05, 4.69) is 15.6 Å². The lowest BCUT2D eigenvalue weighted by Crippen LogP contribution is -2.23. The number of benzene rings is 2. The van der Waals surface area contributed by atoms with Crippen molar-refractivity contribution in [2.45, 2.75) is 6.54 Å². The van der Waals surface area contributed by atoms with E-state index >= 15 is 0 Å². The molecule has 3 aromatic rings. The molecule has 116 valence electrons. The van der Waals surface area contributed by atoms with Crippen LogP contribution in [0.15, 0.2) is 54.7 Å². The number of carbonyl (C=O) groups is 1. The second-order valence-electron chi connectivity index (χ2n) is 4.80. The number of hydrogen-bond acceptors (Lipinski definition) is 3. The molecule has 1 amide bonds. The molecule has 0 spiro atoms. The molecule has 0 atom stereocenters. The summed E-state index contributed by atoms with van der Waals surface area (Å²) in [7, 11) is 0. The van der Waals surface area contributed by atoms with Crippen molar-refractivity contribution < 1.29 is 9.18 Å². The monoisotopic (exact) mass is 330 g/mol. The lowest BCUT2D eigenvalue weighted by atomic mass is 10.2. The summed E-state index contributed by atoms with van der Waals surface area (Å²) in [6.07, 6.45) is 1.50. The molecule has 3 rings (SSSR count). The Kier molecular flexibility index (Phi) is 4.34. The molecule has 1 heterocycles. The van der Waals surface area contributed by atoms with Gasteiger partial charge in [0, 0.05) is 17.1 Å². The first-order chi connectivity index (χ1) is 11.1. The van der Waals surface area contributed by atoms with E-state index in [-0.39, 0.29) is 18.1 Å². The molecule has 1 aromatic heterocycles. The van der Waals surface area contributed by atoms with Crippen molar-refractivity contribution >= 4 is 17.5 Å². The summed E-state index contributed by atoms with van der Waals surface area (Å²) >= 11 is 5.83. The van der Waals surface area contributed by atoms with Gasteiger partial charge in [0.1, 0.15) is 5.82 Å². The Morgan fingerprint density at radius 2 is 1.91 bits per heavy atom. The van der Waals surface area contributed by atoms with Crippen LogP contribution in [0.3, 0.4) is 0 Å². The van der Waals surface area contributed by atoms with Crippen LogP contribution in [0, 0.1) is 5.82 Å². The van der Waals surface area contributed by atoms with Gasteiger partial charge >= 0.3 is 0 Å². The van der Waals surface area contributed by atoms with Crippen LogP contribution in [0.4, 0.5) is 4.39 Å². The Bertz CT molecular complexity index is 832. The van der Waals surface area contributed by atoms with Gasteiger partial charge in [-0.15, -0.1) is 5.10 Å². The first-order valence-corrected chi connectivity index (χ1v) is 7.21. The van der Waals surface area contributed by atoms with Crippen LogP contribution in [0.5, 0.6) is 0 Å². The zero-order chi connectivity index (χ0) is 16.2. The normalized spacial score (nSPS) is 10.5. The third-order valence-corrected chi connectivity index (χ3v) is 3.47. The van der Waals surface area contributed by atoms with Crippen molar-refractivity contribution in [3.05, 3.63) is 76.8 Å². The average Bonchev–Trinajstić information content (AvgIpc) is 3.04. The number of amides is 1. The zero-order valence-corrected chi connectivity index (χ0v) is 12.7. The Morgan fingerprint density at radius 1 is 1.17 bits per heavy atom. The second-order valence-corrected chi connectivity index (χ2v) is 5.24. The second kappa shape index (κ2) is 6.58. The van der Waals surface area contributed by atoms with Gasteiger partial charge in [-0.3, -0.25) is 4.79 Å². The number of nitrogens with one attached hydrogen (secondary N) is 1. The van der Waals surface area contributed by atoms with Crippen LogP contribution in [0.25, 0.3) is 5.69 Å². The maximum atomic E-state index is 13.5. The molecule has 23 heavy (non-hydrogen) atoms. The number of rotatable bonds is 4. The van der Waals surface area contributed by atoms with E-state index in [0.29, 0.717) is 10.6 Å². The smallest absolute Gasteiger partial charge is 0.273 e. The number of hydrogen-bond donors (Lipinski definition) is 1. The first kappa shape index (κ1) is 15.2. The first-order valence-electron chi connectivity index (χ1n) is 6.83. The predicted molar refractivity (Wildman–Crippen MR) is 83.9 cm³/mol. The van der Waals surface area contributed by atoms with E-state index in [4.69, 9.17) is 11.6 Å². The molecule has 1 N–H and O–H groups in total. The van der Waals surface area contributed by atoms with Gasteiger partial charge in [-0.1, -0.05) is 35.0 Å². The molecule has 0 aliphatic heterocycles. The van der Waals surface area contributed by atoms with Gasteiger partial charge in [-0.25, -0.2) is 9.07 Å². The summed E-state index contributed by atoms with van der Waals surface area (Å²) < 4.78 is 15.0. The number of carbonyl (C=O) groups excluding carboxylic acids is 1. The lowest BCUT2D eigenvalue weighted by Gasteiger charge is -2.04. The maximum Gasteiger partial charge on any atom is 0.273 e. The third kappa shape index (κ3) is 3.54. The molecular weight excluding hydrogens is 319 g/mol. The number of nitrogens with zero attached hydrogens (tertiary/aromatic N) is 3. The predicted octanol–water partition coefficient (Wildman–Crippen LogP) is 2.99. The number of aromatic nitrogens is 3. The topological polar surface area (TPSA) is 59.8 Å².